The van der Waals surface area contributed by atoms with E-state index in [9.17, 15) is 0 Å². The second-order valence-corrected chi connectivity index (χ2v) is 9.07. The van der Waals surface area contributed by atoms with Crippen LogP contribution in [0.15, 0.2) is 18.3 Å². The summed E-state index contributed by atoms with van der Waals surface area (Å²) in [6.45, 7) is 15.6. The first kappa shape index (κ1) is 17.7. The SMILES string of the molecule is Cc1ccc(N2CCC(CN3CCC(C(C)(C)C)CC3)CC2)nc1. The number of anilines is 1. The van der Waals surface area contributed by atoms with Crippen molar-refractivity contribution in [1.82, 2.24) is 9.88 Å². The predicted octanol–water partition coefficient (Wildman–Crippen LogP) is 4.36. The molecule has 0 unspecified atom stereocenters. The summed E-state index contributed by atoms with van der Waals surface area (Å²) < 4.78 is 0. The lowest BCUT2D eigenvalue weighted by atomic mass is 9.75. The van der Waals surface area contributed by atoms with Crippen LogP contribution in [0, 0.1) is 24.2 Å². The first-order valence-corrected chi connectivity index (χ1v) is 9.82. The van der Waals surface area contributed by atoms with Gasteiger partial charge in [0.05, 0.1) is 0 Å². The van der Waals surface area contributed by atoms with Crippen molar-refractivity contribution in [3.05, 3.63) is 23.9 Å². The van der Waals surface area contributed by atoms with Crippen LogP contribution in [0.4, 0.5) is 5.82 Å². The van der Waals surface area contributed by atoms with Gasteiger partial charge >= 0.3 is 0 Å². The van der Waals surface area contributed by atoms with Crippen LogP contribution in [-0.2, 0) is 0 Å². The molecule has 0 atom stereocenters. The molecule has 134 valence electrons. The Morgan fingerprint density at radius 2 is 1.67 bits per heavy atom. The van der Waals surface area contributed by atoms with E-state index in [1.807, 2.05) is 6.20 Å². The summed E-state index contributed by atoms with van der Waals surface area (Å²) in [5.41, 5.74) is 1.73. The molecule has 3 rings (SSSR count). The van der Waals surface area contributed by atoms with Gasteiger partial charge in [-0.2, -0.15) is 0 Å². The highest BCUT2D eigenvalue weighted by Crippen LogP contribution is 2.34. The molecule has 2 fully saturated rings. The topological polar surface area (TPSA) is 19.4 Å². The molecule has 2 aliphatic heterocycles. The first-order valence-electron chi connectivity index (χ1n) is 9.82. The van der Waals surface area contributed by atoms with Crippen molar-refractivity contribution in [2.75, 3.05) is 37.6 Å². The van der Waals surface area contributed by atoms with Crippen molar-refractivity contribution >= 4 is 5.82 Å². The Morgan fingerprint density at radius 1 is 1.00 bits per heavy atom. The Bertz CT molecular complexity index is 501. The number of rotatable bonds is 3. The number of hydrogen-bond acceptors (Lipinski definition) is 3. The summed E-state index contributed by atoms with van der Waals surface area (Å²) in [5, 5.41) is 0. The van der Waals surface area contributed by atoms with Gasteiger partial charge in [-0.1, -0.05) is 26.8 Å². The van der Waals surface area contributed by atoms with E-state index < -0.39 is 0 Å². The highest BCUT2D eigenvalue weighted by Gasteiger charge is 2.30. The summed E-state index contributed by atoms with van der Waals surface area (Å²) in [4.78, 5) is 9.78. The molecule has 3 heteroatoms. The molecule has 0 spiro atoms. The average Bonchev–Trinajstić information content (AvgIpc) is 2.56. The number of pyridine rings is 1. The zero-order chi connectivity index (χ0) is 17.2. The number of hydrogen-bond donors (Lipinski definition) is 0. The largest absolute Gasteiger partial charge is 0.357 e. The Balaban J connectivity index is 1.42. The summed E-state index contributed by atoms with van der Waals surface area (Å²) in [5.74, 6) is 2.94. The van der Waals surface area contributed by atoms with E-state index in [1.165, 1.54) is 64.0 Å². The third kappa shape index (κ3) is 4.50. The summed E-state index contributed by atoms with van der Waals surface area (Å²) in [7, 11) is 0. The lowest BCUT2D eigenvalue weighted by Crippen LogP contribution is -2.43. The fourth-order valence-electron chi connectivity index (χ4n) is 4.34. The van der Waals surface area contributed by atoms with E-state index in [4.69, 9.17) is 0 Å². The molecule has 0 amide bonds. The van der Waals surface area contributed by atoms with E-state index in [2.05, 4.69) is 54.6 Å². The Labute approximate surface area is 148 Å². The average molecular weight is 330 g/mol. The number of aryl methyl sites for hydroxylation is 1. The molecule has 0 aliphatic carbocycles. The van der Waals surface area contributed by atoms with Crippen LogP contribution < -0.4 is 4.90 Å². The Morgan fingerprint density at radius 3 is 2.21 bits per heavy atom. The Kier molecular flexibility index (Phi) is 5.49. The third-order valence-corrected chi connectivity index (χ3v) is 6.16. The van der Waals surface area contributed by atoms with Crippen molar-refractivity contribution in [2.45, 2.75) is 53.4 Å². The minimum absolute atomic E-state index is 0.485. The number of nitrogens with zero attached hydrogens (tertiary/aromatic N) is 3. The molecule has 0 radical (unpaired) electrons. The van der Waals surface area contributed by atoms with Crippen LogP contribution in [0.2, 0.25) is 0 Å². The standard InChI is InChI=1S/C21H35N3/c1-17-5-6-20(22-15-17)24-13-7-18(8-14-24)16-23-11-9-19(10-12-23)21(2,3)4/h5-6,15,18-19H,7-14,16H2,1-4H3. The molecule has 0 N–H and O–H groups in total. The summed E-state index contributed by atoms with van der Waals surface area (Å²) in [6.07, 6.45) is 7.38. The fourth-order valence-corrected chi connectivity index (χ4v) is 4.34. The van der Waals surface area contributed by atoms with Gasteiger partial charge in [-0.25, -0.2) is 4.98 Å². The molecule has 3 heterocycles. The molecule has 3 nitrogen and oxygen atoms in total. The zero-order valence-electron chi connectivity index (χ0n) is 16.1. The quantitative estimate of drug-likeness (QED) is 0.821. The predicted molar refractivity (Wildman–Crippen MR) is 103 cm³/mol. The second-order valence-electron chi connectivity index (χ2n) is 9.07. The molecular weight excluding hydrogens is 294 g/mol. The minimum atomic E-state index is 0.485. The fraction of sp³-hybridized carbons (Fsp3) is 0.762. The summed E-state index contributed by atoms with van der Waals surface area (Å²) in [6, 6.07) is 4.35. The van der Waals surface area contributed by atoms with E-state index in [-0.39, 0.29) is 0 Å². The first-order chi connectivity index (χ1) is 11.4. The molecule has 0 aromatic carbocycles. The van der Waals surface area contributed by atoms with Gasteiger partial charge in [-0.15, -0.1) is 0 Å². The third-order valence-electron chi connectivity index (χ3n) is 6.16. The van der Waals surface area contributed by atoms with Crippen molar-refractivity contribution in [3.63, 3.8) is 0 Å². The maximum absolute atomic E-state index is 4.59. The van der Waals surface area contributed by atoms with Gasteiger partial charge in [0.2, 0.25) is 0 Å². The number of piperidine rings is 2. The van der Waals surface area contributed by atoms with Crippen molar-refractivity contribution in [1.29, 1.82) is 0 Å². The van der Waals surface area contributed by atoms with Crippen molar-refractivity contribution < 1.29 is 0 Å². The number of likely N-dealkylation sites (tertiary alicyclic amines) is 1. The molecule has 24 heavy (non-hydrogen) atoms. The van der Waals surface area contributed by atoms with Crippen molar-refractivity contribution in [3.8, 4) is 0 Å². The monoisotopic (exact) mass is 329 g/mol. The maximum Gasteiger partial charge on any atom is 0.128 e. The van der Waals surface area contributed by atoms with Gasteiger partial charge in [0, 0.05) is 25.8 Å². The Hall–Kier alpha value is -1.09. The molecule has 0 saturated carbocycles. The van der Waals surface area contributed by atoms with Crippen LogP contribution in [0.3, 0.4) is 0 Å². The zero-order valence-corrected chi connectivity index (χ0v) is 16.1. The molecule has 2 aliphatic rings. The van der Waals surface area contributed by atoms with Gasteiger partial charge in [0.15, 0.2) is 0 Å². The van der Waals surface area contributed by atoms with Gasteiger partial charge in [0.25, 0.3) is 0 Å². The van der Waals surface area contributed by atoms with E-state index in [0.29, 0.717) is 5.41 Å². The van der Waals surface area contributed by atoms with Gasteiger partial charge in [-0.05, 0) is 74.6 Å². The molecule has 1 aromatic heterocycles. The van der Waals surface area contributed by atoms with Crippen LogP contribution >= 0.6 is 0 Å². The summed E-state index contributed by atoms with van der Waals surface area (Å²) >= 11 is 0. The maximum atomic E-state index is 4.59. The molecular formula is C21H35N3. The van der Waals surface area contributed by atoms with E-state index in [0.717, 1.165) is 17.7 Å². The highest BCUT2D eigenvalue weighted by atomic mass is 15.2. The van der Waals surface area contributed by atoms with Crippen LogP contribution in [0.5, 0.6) is 0 Å². The normalized spacial score (nSPS) is 22.1. The van der Waals surface area contributed by atoms with Crippen LogP contribution in [0.25, 0.3) is 0 Å². The van der Waals surface area contributed by atoms with Crippen LogP contribution in [0.1, 0.15) is 52.0 Å². The second kappa shape index (κ2) is 7.43. The smallest absolute Gasteiger partial charge is 0.128 e. The van der Waals surface area contributed by atoms with E-state index in [1.54, 1.807) is 0 Å². The van der Waals surface area contributed by atoms with Crippen LogP contribution in [-0.4, -0.2) is 42.6 Å². The van der Waals surface area contributed by atoms with E-state index >= 15 is 0 Å². The molecule has 0 bridgehead atoms. The minimum Gasteiger partial charge on any atom is -0.357 e. The number of aromatic nitrogens is 1. The van der Waals surface area contributed by atoms with Crippen molar-refractivity contribution in [2.24, 2.45) is 17.3 Å². The highest BCUT2D eigenvalue weighted by molar-refractivity contribution is 5.39. The van der Waals surface area contributed by atoms with Gasteiger partial charge in [0.1, 0.15) is 5.82 Å². The molecule has 1 aromatic rings. The van der Waals surface area contributed by atoms with Gasteiger partial charge in [-0.3, -0.25) is 0 Å². The molecule has 2 saturated heterocycles. The lowest BCUT2D eigenvalue weighted by Gasteiger charge is -2.41. The lowest BCUT2D eigenvalue weighted by molar-refractivity contribution is 0.0971. The van der Waals surface area contributed by atoms with Gasteiger partial charge < -0.3 is 9.80 Å².